The van der Waals surface area contributed by atoms with Crippen molar-refractivity contribution in [1.29, 1.82) is 0 Å². The molecule has 4 saturated heterocycles. The van der Waals surface area contributed by atoms with Gasteiger partial charge in [0.1, 0.15) is 90.6 Å². The molecule has 46 heteroatoms. The van der Waals surface area contributed by atoms with Gasteiger partial charge >= 0.3 is 5.97 Å². The minimum atomic E-state index is -1.98. The Morgan fingerprint density at radius 3 is 1.53 bits per heavy atom. The number of hydrogen-bond donors (Lipinski definition) is 20. The van der Waals surface area contributed by atoms with Crippen LogP contribution < -0.4 is 92.1 Å². The number of aliphatic hydroxyl groups excluding tert-OH is 1. The largest absolute Gasteiger partial charge is 0.481 e. The van der Waals surface area contributed by atoms with E-state index in [-0.39, 0.29) is 51.6 Å². The second kappa shape index (κ2) is 42.9. The number of hydrogen-bond acceptors (Lipinski definition) is 26. The minimum Gasteiger partial charge on any atom is -0.481 e. The molecule has 24 N–H and O–H groups in total. The average molecular weight is 1600 g/mol. The van der Waals surface area contributed by atoms with E-state index < -0.39 is 270 Å². The Morgan fingerprint density at radius 2 is 0.991 bits per heavy atom. The molecule has 4 aliphatic rings. The number of aliphatic hydroxyl groups is 1. The molecule has 108 heavy (non-hydrogen) atoms. The van der Waals surface area contributed by atoms with Crippen LogP contribution in [0.4, 0.5) is 0 Å². The molecule has 4 aliphatic heterocycles. The number of H-pyrrole nitrogens is 1. The van der Waals surface area contributed by atoms with Gasteiger partial charge in [-0.25, -0.2) is 4.98 Å². The summed E-state index contributed by atoms with van der Waals surface area (Å²) in [7, 11) is 3.21. The zero-order chi connectivity index (χ0) is 80.4. The molecule has 4 fully saturated rings. The highest BCUT2D eigenvalue weighted by Gasteiger charge is 2.44. The van der Waals surface area contributed by atoms with E-state index in [1.165, 1.54) is 47.1 Å². The zero-order valence-electron chi connectivity index (χ0n) is 59.9. The first-order valence-corrected chi connectivity index (χ1v) is 39.4. The molecule has 1 aromatic heterocycles. The molecule has 5 heterocycles. The quantitative estimate of drug-likeness (QED) is 0.0725. The molecular formula is C62H95N21O21S4. The van der Waals surface area contributed by atoms with Crippen LogP contribution >= 0.6 is 43.2 Å². The topological polar surface area (TPSA) is 660 Å². The van der Waals surface area contributed by atoms with Gasteiger partial charge in [0.05, 0.1) is 38.7 Å². The van der Waals surface area contributed by atoms with Crippen LogP contribution in [0.3, 0.4) is 0 Å². The lowest BCUT2D eigenvalue weighted by molar-refractivity contribution is -0.145. The third kappa shape index (κ3) is 26.7. The fourth-order valence-corrected chi connectivity index (χ4v) is 16.0. The number of primary amides is 3. The Kier molecular flexibility index (Phi) is 35.4. The number of imidazole rings is 1. The van der Waals surface area contributed by atoms with Crippen molar-refractivity contribution in [3.8, 4) is 0 Å². The van der Waals surface area contributed by atoms with Gasteiger partial charge in [-0.3, -0.25) is 91.1 Å². The predicted octanol–water partition coefficient (Wildman–Crippen LogP) is -9.57. The van der Waals surface area contributed by atoms with Crippen LogP contribution in [-0.4, -0.2) is 282 Å². The third-order valence-corrected chi connectivity index (χ3v) is 22.4. The summed E-state index contributed by atoms with van der Waals surface area (Å²) >= 11 is 0. The number of carboxylic acid groups (broad SMARTS) is 1. The molecule has 18 amide bonds. The molecule has 0 aromatic carbocycles. The van der Waals surface area contributed by atoms with E-state index >= 15 is 0 Å². The Bertz CT molecular complexity index is 3510. The number of carbonyl (C=O) groups excluding carboxylic acids is 18. The maximum atomic E-state index is 14.7. The third-order valence-electron chi connectivity index (χ3n) is 17.6. The Hall–Kier alpha value is -9.54. The number of aliphatic carboxylic acids is 1. The van der Waals surface area contributed by atoms with Crippen LogP contribution in [0.15, 0.2) is 12.5 Å². The molecule has 16 atom stereocenters. The van der Waals surface area contributed by atoms with E-state index in [4.69, 9.17) is 22.9 Å². The van der Waals surface area contributed by atoms with Crippen LogP contribution in [0, 0.1) is 11.8 Å². The summed E-state index contributed by atoms with van der Waals surface area (Å²) in [6.45, 7) is 6.41. The number of amides is 18. The van der Waals surface area contributed by atoms with E-state index in [2.05, 4.69) is 79.1 Å². The van der Waals surface area contributed by atoms with E-state index in [0.29, 0.717) is 5.69 Å². The van der Waals surface area contributed by atoms with Crippen LogP contribution in [0.25, 0.3) is 0 Å². The number of rotatable bonds is 15. The molecule has 0 unspecified atom stereocenters. The van der Waals surface area contributed by atoms with E-state index in [1.54, 1.807) is 6.92 Å². The number of fused-ring (bicyclic) bond motifs is 10. The smallest absolute Gasteiger partial charge is 0.305 e. The minimum absolute atomic E-state index is 0.0420. The molecule has 2 bridgehead atoms. The molecule has 1 aromatic rings. The van der Waals surface area contributed by atoms with Gasteiger partial charge in [0, 0.05) is 54.4 Å². The molecule has 0 aliphatic carbocycles. The monoisotopic (exact) mass is 1600 g/mol. The second-order valence-corrected chi connectivity index (χ2v) is 31.3. The summed E-state index contributed by atoms with van der Waals surface area (Å²) < 4.78 is 0. The normalized spacial score (nSPS) is 28.8. The molecule has 0 radical (unpaired) electrons. The van der Waals surface area contributed by atoms with Gasteiger partial charge in [-0.15, -0.1) is 0 Å². The van der Waals surface area contributed by atoms with E-state index in [9.17, 15) is 101 Å². The standard InChI is InChI=1S/C62H95N21O21S4/c1-7-27(4)47-60(102)77-36(48(66)90)21-105-107-24-39-56(98)76-35(20-84)53(95)74-33(14-30-19-67-25-68-30)61(103)82-12-8-10-40(82)57(99)70-28(5)49(91)78-38(23-108-106-22-37(55(97)79-39)71-44(87)18-63)54(96)69-29(6)50(92)80-46(26(2)3)59(101)73-31(15-42(64)85)51(93)75-34(16-43(65)86)62(104)83-13-9-11-41(83)58(100)72-32(17-45(88)89)52(94)81-47/h19,25-29,31-41,46-47,84H,7-18,20-24,63H2,1-6H3,(H2,64,85)(H2,65,86)(H2,66,90)(H,67,68)(H,69,96)(H,70,99)(H,71,87)(H,72,100)(H,73,101)(H,74,95)(H,75,93)(H,76,98)(H,77,102)(H,78,91)(H,79,97)(H,80,92)(H,81,94)(H,88,89)/t27-,28-,29-,31-,32-,33-,34-,35-,36-,37-,38-,39-,40-,41-,46-,47-/m0/s1. The summed E-state index contributed by atoms with van der Waals surface area (Å²) in [5.74, 6) is -24.6. The zero-order valence-corrected chi connectivity index (χ0v) is 63.2. The van der Waals surface area contributed by atoms with Crippen molar-refractivity contribution in [3.05, 3.63) is 18.2 Å². The number of nitrogens with one attached hydrogen (secondary N) is 14. The fraction of sp³-hybridized carbons (Fsp3) is 0.645. The van der Waals surface area contributed by atoms with Gasteiger partial charge < -0.3 is 117 Å². The average Bonchev–Trinajstić information content (AvgIpc) is 1.58. The fourth-order valence-electron chi connectivity index (χ4n) is 11.4. The van der Waals surface area contributed by atoms with Crippen molar-refractivity contribution in [1.82, 2.24) is 88.9 Å². The maximum Gasteiger partial charge on any atom is 0.305 e. The van der Waals surface area contributed by atoms with E-state index in [0.717, 1.165) is 53.0 Å². The predicted molar refractivity (Wildman–Crippen MR) is 388 cm³/mol. The highest BCUT2D eigenvalue weighted by Crippen LogP contribution is 2.27. The number of carbonyl (C=O) groups is 19. The van der Waals surface area contributed by atoms with Crippen LogP contribution in [-0.2, 0) is 97.5 Å². The van der Waals surface area contributed by atoms with Gasteiger partial charge in [-0.05, 0) is 51.4 Å². The van der Waals surface area contributed by atoms with Crippen molar-refractivity contribution in [2.75, 3.05) is 49.3 Å². The first-order chi connectivity index (χ1) is 51.0. The van der Waals surface area contributed by atoms with Gasteiger partial charge in [0.2, 0.25) is 106 Å². The number of aromatic amines is 1. The molecule has 5 rings (SSSR count). The van der Waals surface area contributed by atoms with Crippen molar-refractivity contribution in [2.24, 2.45) is 34.8 Å². The SMILES string of the molecule is CC[C@H](C)[C@@H]1NC(=O)[C@H](CC(=O)O)NC(=O)[C@@H]2CCCN2C(=O)[C@H](CC(N)=O)NC(=O)[C@H](CC(N)=O)NC(=O)[C@H](C(C)C)NC(=O)[C@H](C)NC(=O)[C@@H]2CSSC[C@H](NC(=O)CN)C(=O)N[C@@H](CSSC[C@@H](C(N)=O)NC1=O)C(=O)N[C@@H](CO)C(=O)N[C@@H](Cc1cnc[nH]1)C(=O)N1CCC[C@H]1C(=O)N[C@@H](C)C(=O)N2. The lowest BCUT2D eigenvalue weighted by Gasteiger charge is -2.31. The number of nitrogens with zero attached hydrogens (tertiary/aromatic N) is 3. The van der Waals surface area contributed by atoms with Crippen molar-refractivity contribution < 1.29 is 101 Å². The molecular weight excluding hydrogens is 1500 g/mol. The van der Waals surface area contributed by atoms with Crippen molar-refractivity contribution >= 4 is 155 Å². The highest BCUT2D eigenvalue weighted by atomic mass is 33.1. The lowest BCUT2D eigenvalue weighted by atomic mass is 9.97. The van der Waals surface area contributed by atoms with Crippen LogP contribution in [0.1, 0.15) is 98.6 Å². The first kappa shape index (κ1) is 89.1. The summed E-state index contributed by atoms with van der Waals surface area (Å²) in [5.41, 5.74) is 22.8. The van der Waals surface area contributed by atoms with E-state index in [1.807, 2.05) is 0 Å². The maximum absolute atomic E-state index is 14.7. The Labute approximate surface area is 634 Å². The summed E-state index contributed by atoms with van der Waals surface area (Å²) in [6, 6.07) is -25.0. The Balaban J connectivity index is 1.63. The van der Waals surface area contributed by atoms with Crippen LogP contribution in [0.5, 0.6) is 0 Å². The van der Waals surface area contributed by atoms with Crippen LogP contribution in [0.2, 0.25) is 0 Å². The lowest BCUT2D eigenvalue weighted by Crippen LogP contribution is -2.62. The number of aromatic nitrogens is 2. The summed E-state index contributed by atoms with van der Waals surface area (Å²) in [5, 5.41) is 52.2. The second-order valence-electron chi connectivity index (χ2n) is 26.2. The van der Waals surface area contributed by atoms with Gasteiger partial charge in [-0.2, -0.15) is 0 Å². The van der Waals surface area contributed by atoms with Gasteiger partial charge in [0.15, 0.2) is 0 Å². The molecule has 0 spiro atoms. The highest BCUT2D eigenvalue weighted by molar-refractivity contribution is 8.77. The number of carboxylic acids is 1. The van der Waals surface area contributed by atoms with Gasteiger partial charge in [-0.1, -0.05) is 77.3 Å². The van der Waals surface area contributed by atoms with Crippen molar-refractivity contribution in [2.45, 2.75) is 190 Å². The van der Waals surface area contributed by atoms with Crippen molar-refractivity contribution in [3.63, 3.8) is 0 Å². The summed E-state index contributed by atoms with van der Waals surface area (Å²) in [6.07, 6.45) is -0.299. The number of nitrogens with two attached hydrogens (primary N) is 4. The first-order valence-electron chi connectivity index (χ1n) is 34.4. The summed E-state index contributed by atoms with van der Waals surface area (Å²) in [4.78, 5) is 273. The molecule has 0 saturated carbocycles. The Morgan fingerprint density at radius 1 is 0.537 bits per heavy atom. The molecule has 42 nitrogen and oxygen atoms in total. The van der Waals surface area contributed by atoms with Gasteiger partial charge in [0.25, 0.3) is 0 Å². The molecule has 598 valence electrons.